The molecule has 0 bridgehead atoms. The van der Waals surface area contributed by atoms with Crippen molar-refractivity contribution in [1.82, 2.24) is 0 Å². The second-order valence-electron chi connectivity index (χ2n) is 26.8. The van der Waals surface area contributed by atoms with Crippen LogP contribution in [0.4, 0.5) is 52.7 Å². The summed E-state index contributed by atoms with van der Waals surface area (Å²) in [5, 5.41) is 4.02. The summed E-state index contributed by atoms with van der Waals surface area (Å²) in [5.74, 6) is 0. The number of aromatic nitrogens is 4. The predicted octanol–water partition coefficient (Wildman–Crippen LogP) is 22.1. The van der Waals surface area contributed by atoms with Gasteiger partial charge in [-0.15, -0.1) is 0 Å². The van der Waals surface area contributed by atoms with E-state index in [1.165, 1.54) is 55.6 Å². The van der Waals surface area contributed by atoms with Gasteiger partial charge >= 0.3 is 24.7 Å². The van der Waals surface area contributed by atoms with Crippen molar-refractivity contribution in [1.29, 1.82) is 0 Å². The Kier molecular flexibility index (Phi) is 23.4. The first kappa shape index (κ1) is 75.8. The van der Waals surface area contributed by atoms with Crippen LogP contribution in [0.2, 0.25) is 0 Å². The van der Waals surface area contributed by atoms with E-state index >= 15 is 0 Å². The third-order valence-electron chi connectivity index (χ3n) is 19.0. The van der Waals surface area contributed by atoms with Crippen LogP contribution >= 0.6 is 0 Å². The van der Waals surface area contributed by atoms with Crippen LogP contribution in [0.25, 0.3) is 88.6 Å². The Balaban J connectivity index is 0.000000157. The lowest BCUT2D eigenvalue weighted by molar-refractivity contribution is -0.633. The van der Waals surface area contributed by atoms with Crippen molar-refractivity contribution >= 4 is 43.6 Å². The van der Waals surface area contributed by atoms with Crippen molar-refractivity contribution in [2.24, 2.45) is 28.2 Å². The third-order valence-corrected chi connectivity index (χ3v) is 19.0. The Morgan fingerprint density at radius 1 is 0.248 bits per heavy atom. The quantitative estimate of drug-likeness (QED) is 0.0856. The summed E-state index contributed by atoms with van der Waals surface area (Å²) in [6.07, 6.45) is -19.6. The average Bonchev–Trinajstić information content (AvgIpc) is 0.801. The molecule has 4 nitrogen and oxygen atoms in total. The molecule has 0 saturated heterocycles. The van der Waals surface area contributed by atoms with Crippen molar-refractivity contribution in [3.8, 4) is 45.0 Å². The Bertz CT molecular complexity index is 5000. The summed E-state index contributed by atoms with van der Waals surface area (Å²) in [4.78, 5) is 0. The molecule has 0 aliphatic carbocycles. The summed E-state index contributed by atoms with van der Waals surface area (Å²) in [5.41, 5.74) is 26.4. The van der Waals surface area contributed by atoms with Crippen molar-refractivity contribution < 1.29 is 71.0 Å². The van der Waals surface area contributed by atoms with E-state index in [1.807, 2.05) is 113 Å². The van der Waals surface area contributed by atoms with Crippen LogP contribution in [0, 0.1) is 62.3 Å². The van der Waals surface area contributed by atoms with Crippen molar-refractivity contribution in [2.75, 3.05) is 0 Å². The minimum atomic E-state index is -4.13. The second kappa shape index (κ2) is 31.2. The van der Waals surface area contributed by atoms with Gasteiger partial charge in [-0.25, -0.2) is 0 Å². The predicted molar refractivity (Wildman–Crippen MR) is 382 cm³/mol. The highest BCUT2D eigenvalue weighted by Gasteiger charge is 2.31. The zero-order chi connectivity index (χ0) is 73.6. The molecule has 4 heterocycles. The molecular weight excluding hydrogens is 1300 g/mol. The fourth-order valence-electron chi connectivity index (χ4n) is 13.1. The highest BCUT2D eigenvalue weighted by atomic mass is 19.4. The maximum absolute atomic E-state index is 12.5. The fraction of sp³-hybridized carbons (Fsp3) is 0.294. The first-order valence-corrected chi connectivity index (χ1v) is 33.6. The lowest BCUT2D eigenvalue weighted by atomic mass is 9.96. The number of alkyl halides is 12. The molecule has 12 aromatic rings. The van der Waals surface area contributed by atoms with E-state index in [-0.39, 0.29) is 25.7 Å². The molecule has 0 aliphatic rings. The first-order chi connectivity index (χ1) is 47.4. The molecule has 0 atom stereocenters. The van der Waals surface area contributed by atoms with Gasteiger partial charge in [0.1, 0.15) is 28.2 Å². The molecule has 0 aliphatic heterocycles. The van der Waals surface area contributed by atoms with E-state index in [1.54, 1.807) is 24.3 Å². The zero-order valence-corrected chi connectivity index (χ0v) is 59.4. The standard InChI is InChI=1S/2C22H23F3N.C21H21F3N.C20H19F3N/c1-14-11-15(2)16(3)19(12-14)21-8-6-18-13-17(9-10-22(23,24)25)5-7-20(18)26(21)4;1-14-11-15(2)16(3)19(12-14)20-8-7-18-6-5-17(9-10-22(23,24)25)13-21(18)26(20)4;1-14-4-5-15(2)18(12-14)19-9-8-17-7-6-16(10-11-21(22,23)24)13-20(17)25(19)3;1-14-5-3-4-6-17(14)18-10-9-16-8-7-15(11-12-20(21,22)23)13-19(16)24(18)2/h2*5-8,11-13H,9-10H2,1-4H3;4-9,12-13H,10-11H2,1-3H3;3-10,13H,11-12H2,1-2H3/q4*+1. The lowest BCUT2D eigenvalue weighted by Gasteiger charge is -2.11. The van der Waals surface area contributed by atoms with E-state index in [0.29, 0.717) is 22.3 Å². The fourth-order valence-corrected chi connectivity index (χ4v) is 13.1. The molecule has 0 amide bonds. The summed E-state index contributed by atoms with van der Waals surface area (Å²) >= 11 is 0. The molecule has 12 rings (SSSR count). The number of benzene rings is 8. The summed E-state index contributed by atoms with van der Waals surface area (Å²) < 4.78 is 158. The van der Waals surface area contributed by atoms with Crippen LogP contribution in [0.3, 0.4) is 0 Å². The van der Waals surface area contributed by atoms with Crippen LogP contribution in [0.15, 0.2) is 188 Å². The topological polar surface area (TPSA) is 15.5 Å². The molecule has 0 unspecified atom stereocenters. The normalized spacial score (nSPS) is 11.9. The van der Waals surface area contributed by atoms with Crippen LogP contribution in [0.1, 0.15) is 98.0 Å². The van der Waals surface area contributed by atoms with Gasteiger partial charge in [0, 0.05) is 118 Å². The van der Waals surface area contributed by atoms with E-state index in [0.717, 1.165) is 83.1 Å². The minimum Gasteiger partial charge on any atom is -0.194 e. The number of nitrogens with zero attached hydrogens (tertiary/aromatic N) is 4. The third kappa shape index (κ3) is 19.6. The number of rotatable bonds is 12. The number of pyridine rings is 4. The van der Waals surface area contributed by atoms with E-state index < -0.39 is 50.4 Å². The number of hydrogen-bond acceptors (Lipinski definition) is 0. The molecular formula is C85H86F12N4+4. The Labute approximate surface area is 583 Å². The highest BCUT2D eigenvalue weighted by molar-refractivity contribution is 5.82. The van der Waals surface area contributed by atoms with Crippen molar-refractivity contribution in [3.05, 3.63) is 260 Å². The lowest BCUT2D eigenvalue weighted by Crippen LogP contribution is -2.32. The van der Waals surface area contributed by atoms with E-state index in [4.69, 9.17) is 0 Å². The van der Waals surface area contributed by atoms with Gasteiger partial charge in [0.25, 0.3) is 0 Å². The molecule has 0 fully saturated rings. The van der Waals surface area contributed by atoms with Gasteiger partial charge in [-0.05, 0) is 216 Å². The summed E-state index contributed by atoms with van der Waals surface area (Å²) in [6, 6.07) is 61.7. The molecule has 526 valence electrons. The van der Waals surface area contributed by atoms with Crippen molar-refractivity contribution in [3.63, 3.8) is 0 Å². The van der Waals surface area contributed by atoms with Gasteiger partial charge in [-0.2, -0.15) is 71.0 Å². The van der Waals surface area contributed by atoms with E-state index in [9.17, 15) is 52.7 Å². The molecule has 0 radical (unpaired) electrons. The maximum Gasteiger partial charge on any atom is 0.389 e. The van der Waals surface area contributed by atoms with Crippen LogP contribution in [-0.2, 0) is 53.9 Å². The number of halogens is 12. The van der Waals surface area contributed by atoms with Crippen LogP contribution in [0.5, 0.6) is 0 Å². The molecule has 16 heteroatoms. The molecule has 0 spiro atoms. The zero-order valence-electron chi connectivity index (χ0n) is 59.4. The molecule has 4 aromatic heterocycles. The van der Waals surface area contributed by atoms with E-state index in [2.05, 4.69) is 159 Å². The van der Waals surface area contributed by atoms with Gasteiger partial charge in [0.05, 0.1) is 0 Å². The Hall–Kier alpha value is -9.44. The largest absolute Gasteiger partial charge is 0.389 e. The SMILES string of the molecule is Cc1cc(C)c(C)c(-c2ccc3cc(CCC(F)(F)F)ccc3[n+]2C)c1.Cc1cc(C)c(C)c(-c2ccc3ccc(CCC(F)(F)F)cc3[n+]2C)c1.Cc1ccc(C)c(-c2ccc3ccc(CCC(F)(F)F)cc3[n+]2C)c1.Cc1ccccc1-c1ccc2ccc(CCC(F)(F)F)cc2[n+]1C. The van der Waals surface area contributed by atoms with Gasteiger partial charge < -0.3 is 0 Å². The summed E-state index contributed by atoms with van der Waals surface area (Å²) in [7, 11) is 7.90. The van der Waals surface area contributed by atoms with Gasteiger partial charge in [0.2, 0.25) is 44.8 Å². The Morgan fingerprint density at radius 2 is 0.554 bits per heavy atom. The highest BCUT2D eigenvalue weighted by Crippen LogP contribution is 2.33. The first-order valence-electron chi connectivity index (χ1n) is 33.6. The summed E-state index contributed by atoms with van der Waals surface area (Å²) in [6.45, 7) is 18.8. The molecule has 8 aromatic carbocycles. The van der Waals surface area contributed by atoms with Gasteiger partial charge in [-0.1, -0.05) is 83.4 Å². The monoisotopic (exact) mass is 1390 g/mol. The van der Waals surface area contributed by atoms with Gasteiger partial charge in [0.15, 0.2) is 0 Å². The molecule has 0 N–H and O–H groups in total. The smallest absolute Gasteiger partial charge is 0.194 e. The second-order valence-corrected chi connectivity index (χ2v) is 26.8. The number of hydrogen-bond donors (Lipinski definition) is 0. The van der Waals surface area contributed by atoms with Crippen LogP contribution in [-0.4, -0.2) is 24.7 Å². The molecule has 101 heavy (non-hydrogen) atoms. The average molecular weight is 1390 g/mol. The van der Waals surface area contributed by atoms with Crippen LogP contribution < -0.4 is 18.3 Å². The van der Waals surface area contributed by atoms with Gasteiger partial charge in [-0.3, -0.25) is 0 Å². The number of fused-ring (bicyclic) bond motifs is 4. The van der Waals surface area contributed by atoms with Crippen molar-refractivity contribution in [2.45, 2.75) is 138 Å². The minimum absolute atomic E-state index is 0.00620. The molecule has 0 saturated carbocycles. The maximum atomic E-state index is 12.5. The number of aryl methyl sites for hydroxylation is 15. The Morgan fingerprint density at radius 3 is 0.941 bits per heavy atom.